The van der Waals surface area contributed by atoms with E-state index >= 15 is 0 Å². The first-order valence-electron chi connectivity index (χ1n) is 6.04. The number of primary amides is 1. The summed E-state index contributed by atoms with van der Waals surface area (Å²) in [7, 11) is 0. The number of carbonyl (C=O) groups excluding carboxylic acids is 1. The van der Waals surface area contributed by atoms with E-state index in [9.17, 15) is 9.90 Å². The van der Waals surface area contributed by atoms with Gasteiger partial charge in [-0.2, -0.15) is 0 Å². The highest BCUT2D eigenvalue weighted by atomic mass is 16.3. The summed E-state index contributed by atoms with van der Waals surface area (Å²) in [6.07, 6.45) is 2.38. The summed E-state index contributed by atoms with van der Waals surface area (Å²) < 4.78 is 0. The van der Waals surface area contributed by atoms with Crippen molar-refractivity contribution in [2.75, 3.05) is 26.2 Å². The highest BCUT2D eigenvalue weighted by Crippen LogP contribution is 2.12. The zero-order valence-corrected chi connectivity index (χ0v) is 9.98. The van der Waals surface area contributed by atoms with Crippen molar-refractivity contribution in [1.29, 1.82) is 0 Å². The number of aliphatic hydroxyl groups is 1. The first-order chi connectivity index (χ1) is 7.63. The fourth-order valence-electron chi connectivity index (χ4n) is 2.11. The average molecular weight is 229 g/mol. The normalized spacial score (nSPS) is 19.9. The second kappa shape index (κ2) is 6.83. The van der Waals surface area contributed by atoms with Crippen LogP contribution in [0.3, 0.4) is 0 Å². The van der Waals surface area contributed by atoms with E-state index in [0.29, 0.717) is 19.0 Å². The molecule has 1 aliphatic heterocycles. The molecule has 16 heavy (non-hydrogen) atoms. The predicted molar refractivity (Wildman–Crippen MR) is 63.0 cm³/mol. The smallest absolute Gasteiger partial charge is 0.231 e. The van der Waals surface area contributed by atoms with Gasteiger partial charge >= 0.3 is 0 Å². The first-order valence-corrected chi connectivity index (χ1v) is 6.04. The van der Waals surface area contributed by atoms with Gasteiger partial charge in [0.2, 0.25) is 5.91 Å². The monoisotopic (exact) mass is 229 g/mol. The first kappa shape index (κ1) is 13.4. The second-order valence-electron chi connectivity index (χ2n) is 4.44. The van der Waals surface area contributed by atoms with Crippen LogP contribution in [0.15, 0.2) is 0 Å². The average Bonchev–Trinajstić information content (AvgIpc) is 2.28. The summed E-state index contributed by atoms with van der Waals surface area (Å²) in [5.41, 5.74) is 5.24. The Bertz CT molecular complexity index is 217. The second-order valence-corrected chi connectivity index (χ2v) is 4.44. The standard InChI is InChI=1S/C11H23N3O2/c1-2-10(15)7-14(8-11(12)16)9-3-5-13-6-4-9/h9-10,13,15H,2-8H2,1H3,(H2,12,16). The highest BCUT2D eigenvalue weighted by Gasteiger charge is 2.23. The molecule has 0 saturated carbocycles. The van der Waals surface area contributed by atoms with Crippen molar-refractivity contribution >= 4 is 5.91 Å². The molecule has 94 valence electrons. The van der Waals surface area contributed by atoms with Gasteiger partial charge in [-0.3, -0.25) is 9.69 Å². The lowest BCUT2D eigenvalue weighted by Gasteiger charge is -2.34. The van der Waals surface area contributed by atoms with E-state index in [2.05, 4.69) is 5.32 Å². The molecule has 1 fully saturated rings. The lowest BCUT2D eigenvalue weighted by atomic mass is 10.0. The molecule has 5 heteroatoms. The Morgan fingerprint density at radius 1 is 1.56 bits per heavy atom. The zero-order chi connectivity index (χ0) is 12.0. The molecule has 1 saturated heterocycles. The Morgan fingerprint density at radius 2 is 2.19 bits per heavy atom. The Morgan fingerprint density at radius 3 is 2.69 bits per heavy atom. The molecule has 1 unspecified atom stereocenters. The van der Waals surface area contributed by atoms with E-state index in [4.69, 9.17) is 5.73 Å². The molecule has 1 heterocycles. The minimum absolute atomic E-state index is 0.252. The van der Waals surface area contributed by atoms with Crippen LogP contribution in [-0.4, -0.2) is 54.2 Å². The Kier molecular flexibility index (Phi) is 5.73. The molecule has 0 aromatic heterocycles. The van der Waals surface area contributed by atoms with Crippen molar-refractivity contribution in [2.24, 2.45) is 5.73 Å². The van der Waals surface area contributed by atoms with Gasteiger partial charge in [0.25, 0.3) is 0 Å². The van der Waals surface area contributed by atoms with Gasteiger partial charge in [0.05, 0.1) is 12.6 Å². The number of nitrogens with zero attached hydrogens (tertiary/aromatic N) is 1. The van der Waals surface area contributed by atoms with E-state index in [1.54, 1.807) is 0 Å². The predicted octanol–water partition coefficient (Wildman–Crippen LogP) is -0.703. The number of rotatable bonds is 6. The lowest BCUT2D eigenvalue weighted by molar-refractivity contribution is -0.120. The molecule has 0 aromatic rings. The SMILES string of the molecule is CCC(O)CN(CC(N)=O)C1CCNCC1. The Balaban J connectivity index is 2.50. The molecule has 1 aliphatic rings. The van der Waals surface area contributed by atoms with Crippen LogP contribution in [-0.2, 0) is 4.79 Å². The third-order valence-corrected chi connectivity index (χ3v) is 3.10. The van der Waals surface area contributed by atoms with Gasteiger partial charge in [-0.05, 0) is 32.4 Å². The van der Waals surface area contributed by atoms with E-state index in [1.807, 2.05) is 11.8 Å². The molecular formula is C11H23N3O2. The number of amides is 1. The third-order valence-electron chi connectivity index (χ3n) is 3.10. The molecule has 1 atom stereocenters. The molecule has 0 bridgehead atoms. The van der Waals surface area contributed by atoms with E-state index < -0.39 is 0 Å². The quantitative estimate of drug-likeness (QED) is 0.562. The Hall–Kier alpha value is -0.650. The Labute approximate surface area is 97.0 Å². The van der Waals surface area contributed by atoms with Gasteiger partial charge in [0.1, 0.15) is 0 Å². The van der Waals surface area contributed by atoms with E-state index in [0.717, 1.165) is 25.9 Å². The topological polar surface area (TPSA) is 78.6 Å². The van der Waals surface area contributed by atoms with Crippen molar-refractivity contribution in [3.8, 4) is 0 Å². The minimum atomic E-state index is -0.366. The van der Waals surface area contributed by atoms with Gasteiger partial charge in [-0.25, -0.2) is 0 Å². The molecule has 1 amide bonds. The van der Waals surface area contributed by atoms with E-state index in [-0.39, 0.29) is 18.6 Å². The maximum Gasteiger partial charge on any atom is 0.231 e. The number of nitrogens with two attached hydrogens (primary N) is 1. The summed E-state index contributed by atoms with van der Waals surface area (Å²) in [4.78, 5) is 13.0. The molecule has 4 N–H and O–H groups in total. The number of hydrogen-bond donors (Lipinski definition) is 3. The summed E-state index contributed by atoms with van der Waals surface area (Å²) in [5.74, 6) is -0.318. The molecule has 1 rings (SSSR count). The van der Waals surface area contributed by atoms with Gasteiger partial charge in [0, 0.05) is 12.6 Å². The van der Waals surface area contributed by atoms with Crippen molar-refractivity contribution in [3.05, 3.63) is 0 Å². The molecular weight excluding hydrogens is 206 g/mol. The number of nitrogens with one attached hydrogen (secondary N) is 1. The number of carbonyl (C=O) groups is 1. The van der Waals surface area contributed by atoms with Gasteiger partial charge in [-0.15, -0.1) is 0 Å². The fraction of sp³-hybridized carbons (Fsp3) is 0.909. The number of piperidine rings is 1. The highest BCUT2D eigenvalue weighted by molar-refractivity contribution is 5.75. The lowest BCUT2D eigenvalue weighted by Crippen LogP contribution is -2.49. The summed E-state index contributed by atoms with van der Waals surface area (Å²) in [5, 5.41) is 12.9. The van der Waals surface area contributed by atoms with Crippen molar-refractivity contribution < 1.29 is 9.90 Å². The molecule has 0 aliphatic carbocycles. The van der Waals surface area contributed by atoms with Gasteiger partial charge < -0.3 is 16.2 Å². The molecule has 0 spiro atoms. The van der Waals surface area contributed by atoms with Gasteiger partial charge in [0.15, 0.2) is 0 Å². The number of aliphatic hydroxyl groups excluding tert-OH is 1. The molecule has 5 nitrogen and oxygen atoms in total. The van der Waals surface area contributed by atoms with Crippen molar-refractivity contribution in [3.63, 3.8) is 0 Å². The van der Waals surface area contributed by atoms with Crippen LogP contribution >= 0.6 is 0 Å². The van der Waals surface area contributed by atoms with Crippen LogP contribution in [0.4, 0.5) is 0 Å². The van der Waals surface area contributed by atoms with Crippen LogP contribution in [0.25, 0.3) is 0 Å². The maximum absolute atomic E-state index is 11.0. The molecule has 0 aromatic carbocycles. The van der Waals surface area contributed by atoms with Gasteiger partial charge in [-0.1, -0.05) is 6.92 Å². The summed E-state index contributed by atoms with van der Waals surface area (Å²) >= 11 is 0. The van der Waals surface area contributed by atoms with Crippen molar-refractivity contribution in [2.45, 2.75) is 38.3 Å². The van der Waals surface area contributed by atoms with Crippen LogP contribution in [0.1, 0.15) is 26.2 Å². The summed E-state index contributed by atoms with van der Waals surface area (Å²) in [6, 6.07) is 0.370. The van der Waals surface area contributed by atoms with Crippen LogP contribution in [0.5, 0.6) is 0 Å². The summed E-state index contributed by atoms with van der Waals surface area (Å²) in [6.45, 7) is 4.69. The minimum Gasteiger partial charge on any atom is -0.392 e. The van der Waals surface area contributed by atoms with E-state index in [1.165, 1.54) is 0 Å². The fourth-order valence-corrected chi connectivity index (χ4v) is 2.11. The largest absolute Gasteiger partial charge is 0.392 e. The third kappa shape index (κ3) is 4.47. The van der Waals surface area contributed by atoms with Crippen LogP contribution in [0.2, 0.25) is 0 Å². The molecule has 0 radical (unpaired) electrons. The maximum atomic E-state index is 11.0. The van der Waals surface area contributed by atoms with Crippen molar-refractivity contribution in [1.82, 2.24) is 10.2 Å². The van der Waals surface area contributed by atoms with Crippen LogP contribution < -0.4 is 11.1 Å². The zero-order valence-electron chi connectivity index (χ0n) is 9.98. The number of hydrogen-bond acceptors (Lipinski definition) is 4. The van der Waals surface area contributed by atoms with Crippen LogP contribution in [0, 0.1) is 0 Å².